The number of urea groups is 1. The van der Waals surface area contributed by atoms with E-state index in [0.717, 1.165) is 27.2 Å². The molecule has 1 aliphatic heterocycles. The zero-order valence-corrected chi connectivity index (χ0v) is 13.7. The monoisotopic (exact) mass is 349 g/mol. The molecule has 2 aromatic carbocycles. The molecule has 1 aliphatic rings. The molecule has 7 nitrogen and oxygen atoms in total. The van der Waals surface area contributed by atoms with Crippen molar-refractivity contribution in [2.75, 3.05) is 18.4 Å². The average molecular weight is 349 g/mol. The maximum absolute atomic E-state index is 12.0. The van der Waals surface area contributed by atoms with Crippen molar-refractivity contribution in [3.63, 3.8) is 0 Å². The van der Waals surface area contributed by atoms with Crippen molar-refractivity contribution < 1.29 is 18.8 Å². The van der Waals surface area contributed by atoms with E-state index in [4.69, 9.17) is 4.42 Å². The van der Waals surface area contributed by atoms with Crippen LogP contribution < -0.4 is 10.6 Å². The lowest BCUT2D eigenvalue weighted by molar-refractivity contribution is -0.128. The van der Waals surface area contributed by atoms with Gasteiger partial charge in [0.05, 0.1) is 6.54 Å². The predicted molar refractivity (Wildman–Crippen MR) is 95.4 cm³/mol. The summed E-state index contributed by atoms with van der Waals surface area (Å²) in [6.45, 7) is -0.381. The summed E-state index contributed by atoms with van der Waals surface area (Å²) in [7, 11) is 0. The number of nitrogens with one attached hydrogen (secondary N) is 2. The molecular weight excluding hydrogens is 334 g/mol. The van der Waals surface area contributed by atoms with Crippen molar-refractivity contribution in [1.29, 1.82) is 0 Å². The molecule has 2 N–H and O–H groups in total. The first-order chi connectivity index (χ1) is 12.6. The van der Waals surface area contributed by atoms with Gasteiger partial charge in [-0.05, 0) is 36.4 Å². The molecule has 1 aromatic heterocycles. The first-order valence-corrected chi connectivity index (χ1v) is 8.07. The van der Waals surface area contributed by atoms with Gasteiger partial charge in [0.1, 0.15) is 17.9 Å². The molecule has 2 heterocycles. The van der Waals surface area contributed by atoms with E-state index in [9.17, 15) is 14.4 Å². The zero-order valence-electron chi connectivity index (χ0n) is 13.7. The summed E-state index contributed by atoms with van der Waals surface area (Å²) in [5.74, 6) is -0.110. The Kier molecular flexibility index (Phi) is 3.89. The van der Waals surface area contributed by atoms with E-state index in [0.29, 0.717) is 5.69 Å². The number of fused-ring (bicyclic) bond motifs is 1. The van der Waals surface area contributed by atoms with Crippen LogP contribution in [0.25, 0.3) is 22.3 Å². The van der Waals surface area contributed by atoms with Gasteiger partial charge in [0.15, 0.2) is 0 Å². The molecule has 0 radical (unpaired) electrons. The van der Waals surface area contributed by atoms with Crippen LogP contribution in [-0.4, -0.2) is 35.8 Å². The molecule has 0 spiro atoms. The van der Waals surface area contributed by atoms with Gasteiger partial charge in [0.25, 0.3) is 5.91 Å². The average Bonchev–Trinajstić information content (AvgIpc) is 3.21. The van der Waals surface area contributed by atoms with Gasteiger partial charge in [0, 0.05) is 16.6 Å². The fraction of sp³-hybridized carbons (Fsp3) is 0.105. The molecule has 0 atom stereocenters. The van der Waals surface area contributed by atoms with E-state index in [1.807, 2.05) is 42.5 Å². The van der Waals surface area contributed by atoms with E-state index in [-0.39, 0.29) is 13.1 Å². The van der Waals surface area contributed by atoms with Crippen LogP contribution in [0.4, 0.5) is 10.5 Å². The first kappa shape index (κ1) is 15.9. The van der Waals surface area contributed by atoms with Gasteiger partial charge in [-0.1, -0.05) is 18.2 Å². The molecule has 7 heteroatoms. The molecule has 26 heavy (non-hydrogen) atoms. The Labute approximate surface area is 148 Å². The number of hydrogen-bond acceptors (Lipinski definition) is 4. The third kappa shape index (κ3) is 3.02. The number of rotatable bonds is 4. The molecule has 1 fully saturated rings. The summed E-state index contributed by atoms with van der Waals surface area (Å²) in [5.41, 5.74) is 2.27. The molecule has 1 saturated heterocycles. The van der Waals surface area contributed by atoms with Crippen molar-refractivity contribution in [3.05, 3.63) is 54.6 Å². The lowest BCUT2D eigenvalue weighted by Crippen LogP contribution is -2.38. The van der Waals surface area contributed by atoms with Gasteiger partial charge in [-0.15, -0.1) is 0 Å². The van der Waals surface area contributed by atoms with Crippen LogP contribution in [-0.2, 0) is 9.59 Å². The van der Waals surface area contributed by atoms with Gasteiger partial charge in [-0.25, -0.2) is 4.79 Å². The Balaban J connectivity index is 1.45. The molecule has 3 aromatic rings. The second kappa shape index (κ2) is 6.36. The number of anilines is 1. The van der Waals surface area contributed by atoms with Crippen LogP contribution in [0.2, 0.25) is 0 Å². The number of para-hydroxylation sites is 1. The number of nitrogens with zero attached hydrogens (tertiary/aromatic N) is 1. The topological polar surface area (TPSA) is 91.7 Å². The Hall–Kier alpha value is -3.61. The maximum atomic E-state index is 12.0. The van der Waals surface area contributed by atoms with Crippen LogP contribution in [0.5, 0.6) is 0 Å². The fourth-order valence-corrected chi connectivity index (χ4v) is 2.80. The summed E-state index contributed by atoms with van der Waals surface area (Å²) in [6.07, 6.45) is 0. The largest absolute Gasteiger partial charge is 0.456 e. The molecule has 4 rings (SSSR count). The Morgan fingerprint density at radius 1 is 1.12 bits per heavy atom. The quantitative estimate of drug-likeness (QED) is 0.708. The zero-order chi connectivity index (χ0) is 18.1. The minimum Gasteiger partial charge on any atom is -0.456 e. The van der Waals surface area contributed by atoms with Crippen LogP contribution in [0, 0.1) is 0 Å². The van der Waals surface area contributed by atoms with Crippen molar-refractivity contribution in [3.8, 4) is 11.3 Å². The fourth-order valence-electron chi connectivity index (χ4n) is 2.80. The van der Waals surface area contributed by atoms with Crippen LogP contribution in [0.1, 0.15) is 0 Å². The summed E-state index contributed by atoms with van der Waals surface area (Å²) in [4.78, 5) is 35.9. The Morgan fingerprint density at radius 2 is 1.88 bits per heavy atom. The highest BCUT2D eigenvalue weighted by Crippen LogP contribution is 2.28. The van der Waals surface area contributed by atoms with Crippen LogP contribution in [0.15, 0.2) is 59.0 Å². The molecule has 0 bridgehead atoms. The highest BCUT2D eigenvalue weighted by atomic mass is 16.3. The number of furan rings is 1. The SMILES string of the molecule is O=C(CN1C(=O)CNC1=O)Nc1ccc(-c2cc3ccccc3o2)cc1. The van der Waals surface area contributed by atoms with E-state index in [1.54, 1.807) is 12.1 Å². The highest BCUT2D eigenvalue weighted by molar-refractivity contribution is 6.06. The van der Waals surface area contributed by atoms with Crippen LogP contribution in [0.3, 0.4) is 0 Å². The van der Waals surface area contributed by atoms with Crippen molar-refractivity contribution >= 4 is 34.5 Å². The molecular formula is C19H15N3O4. The second-order valence-corrected chi connectivity index (χ2v) is 5.91. The van der Waals surface area contributed by atoms with E-state index in [1.165, 1.54) is 0 Å². The number of carbonyl (C=O) groups excluding carboxylic acids is 3. The Bertz CT molecular complexity index is 958. The smallest absolute Gasteiger partial charge is 0.325 e. The van der Waals surface area contributed by atoms with Crippen molar-refractivity contribution in [1.82, 2.24) is 10.2 Å². The molecule has 0 aliphatic carbocycles. The molecule has 0 unspecified atom stereocenters. The number of amides is 4. The summed E-state index contributed by atoms with van der Waals surface area (Å²) in [6, 6.07) is 16.3. The van der Waals surface area contributed by atoms with Gasteiger partial charge in [-0.3, -0.25) is 14.5 Å². The summed E-state index contributed by atoms with van der Waals surface area (Å²) in [5, 5.41) is 6.07. The predicted octanol–water partition coefficient (Wildman–Crippen LogP) is 2.59. The highest BCUT2D eigenvalue weighted by Gasteiger charge is 2.30. The minimum absolute atomic E-state index is 0.0711. The number of imide groups is 1. The van der Waals surface area contributed by atoms with Crippen molar-refractivity contribution in [2.24, 2.45) is 0 Å². The summed E-state index contributed by atoms with van der Waals surface area (Å²) < 4.78 is 5.81. The molecule has 130 valence electrons. The van der Waals surface area contributed by atoms with Gasteiger partial charge >= 0.3 is 6.03 Å². The third-order valence-corrected chi connectivity index (χ3v) is 4.12. The van der Waals surface area contributed by atoms with E-state index >= 15 is 0 Å². The number of hydrogen-bond donors (Lipinski definition) is 2. The summed E-state index contributed by atoms with van der Waals surface area (Å²) >= 11 is 0. The third-order valence-electron chi connectivity index (χ3n) is 4.12. The standard InChI is InChI=1S/C19H15N3O4/c23-17(11-22-18(24)10-20-19(22)25)21-14-7-5-12(6-8-14)16-9-13-3-1-2-4-15(13)26-16/h1-9H,10-11H2,(H,20,25)(H,21,23). The lowest BCUT2D eigenvalue weighted by atomic mass is 10.1. The van der Waals surface area contributed by atoms with Crippen molar-refractivity contribution in [2.45, 2.75) is 0 Å². The Morgan fingerprint density at radius 3 is 2.58 bits per heavy atom. The van der Waals surface area contributed by atoms with Crippen LogP contribution >= 0.6 is 0 Å². The van der Waals surface area contributed by atoms with Gasteiger partial charge < -0.3 is 15.1 Å². The second-order valence-electron chi connectivity index (χ2n) is 5.91. The van der Waals surface area contributed by atoms with E-state index < -0.39 is 17.8 Å². The maximum Gasteiger partial charge on any atom is 0.325 e. The molecule has 0 saturated carbocycles. The van der Waals surface area contributed by atoms with Gasteiger partial charge in [-0.2, -0.15) is 0 Å². The lowest BCUT2D eigenvalue weighted by Gasteiger charge is -2.12. The minimum atomic E-state index is -0.551. The van der Waals surface area contributed by atoms with Gasteiger partial charge in [0.2, 0.25) is 5.91 Å². The number of carbonyl (C=O) groups is 3. The molecule has 4 amide bonds. The van der Waals surface area contributed by atoms with E-state index in [2.05, 4.69) is 10.6 Å². The normalized spacial score (nSPS) is 13.9. The first-order valence-electron chi connectivity index (χ1n) is 8.07. The number of benzene rings is 2.